The van der Waals surface area contributed by atoms with Crippen molar-refractivity contribution in [3.05, 3.63) is 0 Å². The van der Waals surface area contributed by atoms with Gasteiger partial charge in [0.2, 0.25) is 0 Å². The van der Waals surface area contributed by atoms with E-state index in [-0.39, 0.29) is 5.92 Å². The number of ketones is 1. The topological polar surface area (TPSA) is 17.1 Å². The first kappa shape index (κ1) is 12.7. The van der Waals surface area contributed by atoms with Gasteiger partial charge in [-0.25, -0.2) is 0 Å². The zero-order chi connectivity index (χ0) is 10.5. The third kappa shape index (κ3) is 8.01. The van der Waals surface area contributed by atoms with Crippen molar-refractivity contribution >= 4 is 5.78 Å². The Morgan fingerprint density at radius 2 is 1.69 bits per heavy atom. The summed E-state index contributed by atoms with van der Waals surface area (Å²) in [6.45, 7) is 10.7. The predicted octanol–water partition coefficient (Wildman–Crippen LogP) is 3.82. The van der Waals surface area contributed by atoms with Gasteiger partial charge >= 0.3 is 0 Å². The third-order valence-electron chi connectivity index (χ3n) is 2.24. The molecule has 0 spiro atoms. The van der Waals surface area contributed by atoms with Gasteiger partial charge in [0.1, 0.15) is 5.78 Å². The van der Waals surface area contributed by atoms with E-state index in [1.54, 1.807) is 0 Å². The van der Waals surface area contributed by atoms with Crippen molar-refractivity contribution in [1.82, 2.24) is 0 Å². The normalized spacial score (nSPS) is 12.2. The molecule has 0 bridgehead atoms. The van der Waals surface area contributed by atoms with Gasteiger partial charge < -0.3 is 0 Å². The maximum absolute atomic E-state index is 11.3. The number of rotatable bonds is 5. The third-order valence-corrected chi connectivity index (χ3v) is 2.24. The number of hydrogen-bond acceptors (Lipinski definition) is 1. The highest BCUT2D eigenvalue weighted by atomic mass is 16.1. The second-order valence-corrected chi connectivity index (χ2v) is 5.39. The van der Waals surface area contributed by atoms with Crippen LogP contribution in [-0.2, 0) is 4.79 Å². The quantitative estimate of drug-likeness (QED) is 0.594. The molecule has 0 aromatic rings. The van der Waals surface area contributed by atoms with Crippen molar-refractivity contribution in [1.29, 1.82) is 0 Å². The fraction of sp³-hybridized carbons (Fsp3) is 0.917. The average Bonchev–Trinajstić information content (AvgIpc) is 1.95. The van der Waals surface area contributed by atoms with E-state index in [2.05, 4.69) is 20.8 Å². The maximum atomic E-state index is 11.3. The van der Waals surface area contributed by atoms with Crippen LogP contribution in [0.5, 0.6) is 0 Å². The highest BCUT2D eigenvalue weighted by Crippen LogP contribution is 2.22. The van der Waals surface area contributed by atoms with Crippen LogP contribution < -0.4 is 0 Å². The van der Waals surface area contributed by atoms with Gasteiger partial charge in [-0.15, -0.1) is 0 Å². The Morgan fingerprint density at radius 1 is 1.15 bits per heavy atom. The first-order valence-electron chi connectivity index (χ1n) is 5.35. The highest BCUT2D eigenvalue weighted by molar-refractivity contribution is 5.80. The lowest BCUT2D eigenvalue weighted by Gasteiger charge is -2.17. The van der Waals surface area contributed by atoms with Crippen LogP contribution in [0.2, 0.25) is 0 Å². The lowest BCUT2D eigenvalue weighted by molar-refractivity contribution is -0.122. The Bertz CT molecular complexity index is 151. The number of Topliss-reactive ketones (excluding diaryl/α,β-unsaturated/α-hetero) is 1. The fourth-order valence-electron chi connectivity index (χ4n) is 1.24. The van der Waals surface area contributed by atoms with E-state index in [1.165, 1.54) is 12.8 Å². The predicted molar refractivity (Wildman–Crippen MR) is 57.8 cm³/mol. The molecule has 78 valence electrons. The van der Waals surface area contributed by atoms with Crippen LogP contribution in [0.3, 0.4) is 0 Å². The Hall–Kier alpha value is -0.330. The molecular formula is C12H24O. The smallest absolute Gasteiger partial charge is 0.135 e. The summed E-state index contributed by atoms with van der Waals surface area (Å²) in [4.78, 5) is 11.3. The summed E-state index contributed by atoms with van der Waals surface area (Å²) in [5.74, 6) is 0.628. The van der Waals surface area contributed by atoms with E-state index in [0.717, 1.165) is 12.8 Å². The molecule has 0 saturated heterocycles. The first-order valence-corrected chi connectivity index (χ1v) is 5.35. The molecule has 0 fully saturated rings. The summed E-state index contributed by atoms with van der Waals surface area (Å²) in [5, 5.41) is 0. The molecule has 0 atom stereocenters. The van der Waals surface area contributed by atoms with Crippen LogP contribution in [0.1, 0.15) is 60.3 Å². The van der Waals surface area contributed by atoms with Gasteiger partial charge in [0.05, 0.1) is 0 Å². The number of hydrogen-bond donors (Lipinski definition) is 0. The van der Waals surface area contributed by atoms with Crippen LogP contribution >= 0.6 is 0 Å². The molecular weight excluding hydrogens is 160 g/mol. The summed E-state index contributed by atoms with van der Waals surface area (Å²) in [6.07, 6.45) is 4.24. The van der Waals surface area contributed by atoms with E-state index < -0.39 is 0 Å². The molecule has 13 heavy (non-hydrogen) atoms. The van der Waals surface area contributed by atoms with Crippen molar-refractivity contribution in [2.45, 2.75) is 60.3 Å². The first-order chi connectivity index (χ1) is 5.83. The summed E-state index contributed by atoms with van der Waals surface area (Å²) in [6, 6.07) is 0. The second-order valence-electron chi connectivity index (χ2n) is 5.39. The lowest BCUT2D eigenvalue weighted by Crippen LogP contribution is -2.08. The molecule has 0 rings (SSSR count). The molecule has 0 heterocycles. The number of carbonyl (C=O) groups excluding carboxylic acids is 1. The molecule has 0 aromatic carbocycles. The van der Waals surface area contributed by atoms with Crippen molar-refractivity contribution in [3.63, 3.8) is 0 Å². The van der Waals surface area contributed by atoms with Gasteiger partial charge in [0.25, 0.3) is 0 Å². The zero-order valence-electron chi connectivity index (χ0n) is 9.81. The summed E-state index contributed by atoms with van der Waals surface area (Å²) >= 11 is 0. The molecule has 0 radical (unpaired) electrons. The average molecular weight is 184 g/mol. The second kappa shape index (κ2) is 5.41. The molecule has 0 amide bonds. The summed E-state index contributed by atoms with van der Waals surface area (Å²) in [7, 11) is 0. The van der Waals surface area contributed by atoms with Gasteiger partial charge in [-0.1, -0.05) is 41.0 Å². The molecule has 1 nitrogen and oxygen atoms in total. The molecule has 0 aliphatic heterocycles. The van der Waals surface area contributed by atoms with Crippen molar-refractivity contribution in [2.75, 3.05) is 0 Å². The van der Waals surface area contributed by atoms with Crippen molar-refractivity contribution in [3.8, 4) is 0 Å². The molecule has 0 N–H and O–H groups in total. The lowest BCUT2D eigenvalue weighted by atomic mass is 9.89. The van der Waals surface area contributed by atoms with Gasteiger partial charge in [-0.2, -0.15) is 0 Å². The standard InChI is InChI=1S/C12H24O/c1-10(2)11(13)8-6-7-9-12(3,4)5/h10H,6-9H2,1-5H3. The van der Waals surface area contributed by atoms with E-state index in [1.807, 2.05) is 13.8 Å². The van der Waals surface area contributed by atoms with E-state index in [9.17, 15) is 4.79 Å². The fourth-order valence-corrected chi connectivity index (χ4v) is 1.24. The van der Waals surface area contributed by atoms with Crippen LogP contribution in [0, 0.1) is 11.3 Å². The van der Waals surface area contributed by atoms with Crippen molar-refractivity contribution < 1.29 is 4.79 Å². The minimum absolute atomic E-state index is 0.217. The van der Waals surface area contributed by atoms with Gasteiger partial charge in [-0.3, -0.25) is 4.79 Å². The maximum Gasteiger partial charge on any atom is 0.135 e. The van der Waals surface area contributed by atoms with Gasteiger partial charge in [0, 0.05) is 12.3 Å². The number of unbranched alkanes of at least 4 members (excludes halogenated alkanes) is 1. The minimum atomic E-state index is 0.217. The SMILES string of the molecule is CC(C)C(=O)CCCCC(C)(C)C. The van der Waals surface area contributed by atoms with Crippen LogP contribution in [0.4, 0.5) is 0 Å². The van der Waals surface area contributed by atoms with Gasteiger partial charge in [0.15, 0.2) is 0 Å². The molecule has 0 aliphatic rings. The van der Waals surface area contributed by atoms with Gasteiger partial charge in [-0.05, 0) is 18.3 Å². The minimum Gasteiger partial charge on any atom is -0.299 e. The van der Waals surface area contributed by atoms with E-state index >= 15 is 0 Å². The Kier molecular flexibility index (Phi) is 5.27. The van der Waals surface area contributed by atoms with E-state index in [4.69, 9.17) is 0 Å². The summed E-state index contributed by atoms with van der Waals surface area (Å²) < 4.78 is 0. The summed E-state index contributed by atoms with van der Waals surface area (Å²) in [5.41, 5.74) is 0.418. The zero-order valence-corrected chi connectivity index (χ0v) is 9.81. The molecule has 0 aromatic heterocycles. The largest absolute Gasteiger partial charge is 0.299 e. The van der Waals surface area contributed by atoms with Crippen molar-refractivity contribution in [2.24, 2.45) is 11.3 Å². The Labute approximate surface area is 82.9 Å². The Morgan fingerprint density at radius 3 is 2.08 bits per heavy atom. The molecule has 0 unspecified atom stereocenters. The van der Waals surface area contributed by atoms with Crippen LogP contribution in [-0.4, -0.2) is 5.78 Å². The van der Waals surface area contributed by atoms with Crippen LogP contribution in [0.15, 0.2) is 0 Å². The Balaban J connectivity index is 3.42. The molecule has 0 aliphatic carbocycles. The molecule has 1 heteroatoms. The number of carbonyl (C=O) groups is 1. The van der Waals surface area contributed by atoms with Crippen LogP contribution in [0.25, 0.3) is 0 Å². The van der Waals surface area contributed by atoms with E-state index in [0.29, 0.717) is 11.2 Å². The molecule has 0 saturated carbocycles. The highest BCUT2D eigenvalue weighted by Gasteiger charge is 2.11. The monoisotopic (exact) mass is 184 g/mol.